The second-order valence-electron chi connectivity index (χ2n) is 4.37. The van der Waals surface area contributed by atoms with E-state index in [2.05, 4.69) is 23.5 Å². The number of rotatable bonds is 5. The van der Waals surface area contributed by atoms with Gasteiger partial charge in [-0.3, -0.25) is 0 Å². The van der Waals surface area contributed by atoms with Gasteiger partial charge in [-0.1, -0.05) is 6.07 Å². The summed E-state index contributed by atoms with van der Waals surface area (Å²) in [5.41, 5.74) is 0.981. The molecule has 0 amide bonds. The van der Waals surface area contributed by atoms with Gasteiger partial charge in [0.1, 0.15) is 5.82 Å². The first-order valence-corrected chi connectivity index (χ1v) is 7.39. The number of carboxylic acid groups (broad SMARTS) is 1. The number of hydrogen-bond acceptors (Lipinski definition) is 4. The number of pyridine rings is 1. The molecule has 1 aromatic carbocycles. The molecule has 2 N–H and O–H groups in total. The number of hydrogen-bond donors (Lipinski definition) is 2. The van der Waals surface area contributed by atoms with Crippen LogP contribution in [0.5, 0.6) is 0 Å². The van der Waals surface area contributed by atoms with E-state index in [1.165, 1.54) is 0 Å². The standard InChI is InChI=1S/C14H16N2O2S/c1-9(8-19-2)15-13-7-6-10-11(14(17)18)4-3-5-12(10)16-13/h3-7,9H,8H2,1-2H3,(H,15,16)(H,17,18). The van der Waals surface area contributed by atoms with E-state index in [0.717, 1.165) is 11.6 Å². The molecule has 0 fully saturated rings. The predicted molar refractivity (Wildman–Crippen MR) is 80.2 cm³/mol. The van der Waals surface area contributed by atoms with E-state index in [4.69, 9.17) is 5.11 Å². The second kappa shape index (κ2) is 5.93. The molecule has 5 heteroatoms. The molecule has 1 unspecified atom stereocenters. The summed E-state index contributed by atoms with van der Waals surface area (Å²) in [6, 6.07) is 9.09. The summed E-state index contributed by atoms with van der Waals surface area (Å²) < 4.78 is 0. The molecule has 0 aliphatic rings. The Morgan fingerprint density at radius 1 is 1.42 bits per heavy atom. The Morgan fingerprint density at radius 2 is 2.21 bits per heavy atom. The average Bonchev–Trinajstić information content (AvgIpc) is 2.37. The van der Waals surface area contributed by atoms with Gasteiger partial charge in [0.15, 0.2) is 0 Å². The van der Waals surface area contributed by atoms with Crippen LogP contribution >= 0.6 is 11.8 Å². The normalized spacial score (nSPS) is 12.3. The number of aromatic nitrogens is 1. The minimum absolute atomic E-state index is 0.286. The maximum Gasteiger partial charge on any atom is 0.336 e. The highest BCUT2D eigenvalue weighted by Gasteiger charge is 2.09. The van der Waals surface area contributed by atoms with Crippen molar-refractivity contribution >= 4 is 34.5 Å². The molecule has 2 rings (SSSR count). The van der Waals surface area contributed by atoms with E-state index in [-0.39, 0.29) is 5.56 Å². The molecule has 0 saturated heterocycles. The number of fused-ring (bicyclic) bond motifs is 1. The molecule has 0 saturated carbocycles. The SMILES string of the molecule is CSCC(C)Nc1ccc2c(C(=O)O)cccc2n1. The molecule has 4 nitrogen and oxygen atoms in total. The van der Waals surface area contributed by atoms with Crippen LogP contribution in [0.3, 0.4) is 0 Å². The van der Waals surface area contributed by atoms with Crippen molar-refractivity contribution in [1.82, 2.24) is 4.98 Å². The van der Waals surface area contributed by atoms with Gasteiger partial charge in [0, 0.05) is 17.2 Å². The van der Waals surface area contributed by atoms with Crippen LogP contribution in [0.2, 0.25) is 0 Å². The number of carbonyl (C=O) groups is 1. The summed E-state index contributed by atoms with van der Waals surface area (Å²) in [6.45, 7) is 2.09. The molecule has 0 bridgehead atoms. The zero-order valence-corrected chi connectivity index (χ0v) is 11.7. The van der Waals surface area contributed by atoms with Crippen LogP contribution in [-0.4, -0.2) is 34.1 Å². The van der Waals surface area contributed by atoms with Crippen molar-refractivity contribution in [2.75, 3.05) is 17.3 Å². The van der Waals surface area contributed by atoms with Crippen LogP contribution in [0, 0.1) is 0 Å². The minimum Gasteiger partial charge on any atom is -0.478 e. The van der Waals surface area contributed by atoms with Crippen molar-refractivity contribution in [1.29, 1.82) is 0 Å². The van der Waals surface area contributed by atoms with Crippen molar-refractivity contribution in [3.8, 4) is 0 Å². The maximum absolute atomic E-state index is 11.1. The molecule has 1 heterocycles. The lowest BCUT2D eigenvalue weighted by Gasteiger charge is -2.13. The number of benzene rings is 1. The number of carboxylic acids is 1. The lowest BCUT2D eigenvalue weighted by atomic mass is 10.1. The number of aromatic carboxylic acids is 1. The van der Waals surface area contributed by atoms with Gasteiger partial charge in [-0.15, -0.1) is 0 Å². The Balaban J connectivity index is 2.34. The van der Waals surface area contributed by atoms with Gasteiger partial charge >= 0.3 is 5.97 Å². The highest BCUT2D eigenvalue weighted by molar-refractivity contribution is 7.98. The van der Waals surface area contributed by atoms with Crippen molar-refractivity contribution in [3.63, 3.8) is 0 Å². The molecule has 2 aromatic rings. The summed E-state index contributed by atoms with van der Waals surface area (Å²) >= 11 is 1.77. The molecule has 100 valence electrons. The van der Waals surface area contributed by atoms with Crippen LogP contribution in [0.4, 0.5) is 5.82 Å². The van der Waals surface area contributed by atoms with Crippen LogP contribution in [0.25, 0.3) is 10.9 Å². The fraction of sp³-hybridized carbons (Fsp3) is 0.286. The summed E-state index contributed by atoms with van der Waals surface area (Å²) in [7, 11) is 0. The Morgan fingerprint density at radius 3 is 2.89 bits per heavy atom. The first kappa shape index (κ1) is 13.7. The van der Waals surface area contributed by atoms with Crippen molar-refractivity contribution in [2.45, 2.75) is 13.0 Å². The second-order valence-corrected chi connectivity index (χ2v) is 5.29. The van der Waals surface area contributed by atoms with Gasteiger partial charge in [-0.05, 0) is 37.4 Å². The first-order chi connectivity index (χ1) is 9.11. The highest BCUT2D eigenvalue weighted by Crippen LogP contribution is 2.20. The van der Waals surface area contributed by atoms with Gasteiger partial charge in [0.05, 0.1) is 11.1 Å². The van der Waals surface area contributed by atoms with E-state index in [1.807, 2.05) is 12.1 Å². The number of nitrogens with zero attached hydrogens (tertiary/aromatic N) is 1. The zero-order chi connectivity index (χ0) is 13.8. The third-order valence-electron chi connectivity index (χ3n) is 2.77. The van der Waals surface area contributed by atoms with Crippen LogP contribution in [0.1, 0.15) is 17.3 Å². The van der Waals surface area contributed by atoms with Crippen molar-refractivity contribution in [3.05, 3.63) is 35.9 Å². The molecule has 0 aliphatic heterocycles. The molecule has 19 heavy (non-hydrogen) atoms. The zero-order valence-electron chi connectivity index (χ0n) is 10.9. The first-order valence-electron chi connectivity index (χ1n) is 6.00. The monoisotopic (exact) mass is 276 g/mol. The molecule has 1 aromatic heterocycles. The summed E-state index contributed by atoms with van der Waals surface area (Å²) in [6.07, 6.45) is 2.06. The highest BCUT2D eigenvalue weighted by atomic mass is 32.2. The lowest BCUT2D eigenvalue weighted by molar-refractivity contribution is 0.0699. The Bertz CT molecular complexity index is 601. The Hall–Kier alpha value is -1.75. The summed E-state index contributed by atoms with van der Waals surface area (Å²) in [4.78, 5) is 15.6. The van der Waals surface area contributed by atoms with Gasteiger partial charge in [-0.2, -0.15) is 11.8 Å². The quantitative estimate of drug-likeness (QED) is 0.878. The maximum atomic E-state index is 11.1. The molecule has 0 aliphatic carbocycles. The topological polar surface area (TPSA) is 62.2 Å². The number of thioether (sulfide) groups is 1. The third kappa shape index (κ3) is 3.17. The molecular formula is C14H16N2O2S. The summed E-state index contributed by atoms with van der Waals surface area (Å²) in [5.74, 6) is 0.843. The van der Waals surface area contributed by atoms with Crippen molar-refractivity contribution in [2.24, 2.45) is 0 Å². The van der Waals surface area contributed by atoms with Crippen LogP contribution in [0.15, 0.2) is 30.3 Å². The molecule has 1 atom stereocenters. The van der Waals surface area contributed by atoms with E-state index >= 15 is 0 Å². The summed E-state index contributed by atoms with van der Waals surface area (Å²) in [5, 5.41) is 13.1. The largest absolute Gasteiger partial charge is 0.478 e. The number of nitrogens with one attached hydrogen (secondary N) is 1. The van der Waals surface area contributed by atoms with Gasteiger partial charge in [0.25, 0.3) is 0 Å². The van der Waals surface area contributed by atoms with Gasteiger partial charge in [-0.25, -0.2) is 9.78 Å². The van der Waals surface area contributed by atoms with Crippen LogP contribution < -0.4 is 5.32 Å². The van der Waals surface area contributed by atoms with E-state index in [1.54, 1.807) is 30.0 Å². The molecule has 0 radical (unpaired) electrons. The van der Waals surface area contributed by atoms with Crippen molar-refractivity contribution < 1.29 is 9.90 Å². The smallest absolute Gasteiger partial charge is 0.336 e. The predicted octanol–water partition coefficient (Wildman–Crippen LogP) is 3.10. The van der Waals surface area contributed by atoms with E-state index in [0.29, 0.717) is 16.9 Å². The Kier molecular flexibility index (Phi) is 4.27. The molecule has 0 spiro atoms. The third-order valence-corrected chi connectivity index (χ3v) is 3.61. The van der Waals surface area contributed by atoms with Crippen LogP contribution in [-0.2, 0) is 0 Å². The lowest BCUT2D eigenvalue weighted by Crippen LogP contribution is -2.18. The Labute approximate surface area is 116 Å². The number of anilines is 1. The van der Waals surface area contributed by atoms with E-state index in [9.17, 15) is 4.79 Å². The molecular weight excluding hydrogens is 260 g/mol. The van der Waals surface area contributed by atoms with E-state index < -0.39 is 5.97 Å². The van der Waals surface area contributed by atoms with Gasteiger partial charge < -0.3 is 10.4 Å². The minimum atomic E-state index is -0.927. The fourth-order valence-electron chi connectivity index (χ4n) is 1.97. The average molecular weight is 276 g/mol. The van der Waals surface area contributed by atoms with Gasteiger partial charge in [0.2, 0.25) is 0 Å². The fourth-order valence-corrected chi connectivity index (χ4v) is 2.55.